The molecule has 156 valence electrons. The summed E-state index contributed by atoms with van der Waals surface area (Å²) in [6.07, 6.45) is 4.55. The number of halogens is 1. The van der Waals surface area contributed by atoms with E-state index in [2.05, 4.69) is 51.3 Å². The number of rotatable bonds is 8. The lowest BCUT2D eigenvalue weighted by atomic mass is 9.64. The normalized spacial score (nSPS) is 14.9. The fraction of sp³-hybridized carbons (Fsp3) is 0.391. The summed E-state index contributed by atoms with van der Waals surface area (Å²) >= 11 is 0. The molecule has 6 heteroatoms. The van der Waals surface area contributed by atoms with Gasteiger partial charge >= 0.3 is 0 Å². The number of nitrogens with zero attached hydrogens (tertiary/aromatic N) is 1. The fourth-order valence-corrected chi connectivity index (χ4v) is 3.62. The van der Waals surface area contributed by atoms with Gasteiger partial charge in [-0.05, 0) is 37.0 Å². The molecule has 0 unspecified atom stereocenters. The van der Waals surface area contributed by atoms with Crippen molar-refractivity contribution in [2.24, 2.45) is 4.99 Å². The summed E-state index contributed by atoms with van der Waals surface area (Å²) in [5.41, 5.74) is 2.33. The zero-order chi connectivity index (χ0) is 19.7. The Labute approximate surface area is 190 Å². The molecule has 2 aromatic rings. The van der Waals surface area contributed by atoms with Crippen molar-refractivity contribution in [3.8, 4) is 0 Å². The van der Waals surface area contributed by atoms with Crippen molar-refractivity contribution < 1.29 is 4.79 Å². The Morgan fingerprint density at radius 1 is 0.931 bits per heavy atom. The molecule has 0 spiro atoms. The van der Waals surface area contributed by atoms with E-state index in [1.165, 1.54) is 24.8 Å². The standard InChI is InChI=1S/C23H30N4O.HI/c1-24-22(26-17-9-16-25-21(28)19-10-4-2-5-11-19)27-18-23(14-8-15-23)20-12-6-3-7-13-20;/h2-7,10-13H,8-9,14-18H2,1H3,(H,25,28)(H2,24,26,27);1H. The quantitative estimate of drug-likeness (QED) is 0.222. The molecule has 0 bridgehead atoms. The number of hydrogen-bond acceptors (Lipinski definition) is 2. The maximum Gasteiger partial charge on any atom is 0.251 e. The van der Waals surface area contributed by atoms with Crippen LogP contribution in [0.4, 0.5) is 0 Å². The van der Waals surface area contributed by atoms with Crippen molar-refractivity contribution >= 4 is 35.8 Å². The van der Waals surface area contributed by atoms with Gasteiger partial charge in [0, 0.05) is 37.7 Å². The highest BCUT2D eigenvalue weighted by molar-refractivity contribution is 14.0. The number of aliphatic imine (C=N–C) groups is 1. The highest BCUT2D eigenvalue weighted by Gasteiger charge is 2.38. The Balaban J connectivity index is 0.00000300. The molecule has 0 aromatic heterocycles. The molecule has 1 fully saturated rings. The lowest BCUT2D eigenvalue weighted by Crippen LogP contribution is -2.49. The summed E-state index contributed by atoms with van der Waals surface area (Å²) in [7, 11) is 1.79. The van der Waals surface area contributed by atoms with E-state index < -0.39 is 0 Å². The highest BCUT2D eigenvalue weighted by Crippen LogP contribution is 2.43. The van der Waals surface area contributed by atoms with E-state index in [9.17, 15) is 4.79 Å². The minimum Gasteiger partial charge on any atom is -0.356 e. The zero-order valence-corrected chi connectivity index (χ0v) is 19.3. The Morgan fingerprint density at radius 2 is 1.55 bits per heavy atom. The number of amides is 1. The van der Waals surface area contributed by atoms with Crippen molar-refractivity contribution in [2.75, 3.05) is 26.7 Å². The molecule has 0 radical (unpaired) electrons. The number of carbonyl (C=O) groups excluding carboxylic acids is 1. The second kappa shape index (κ2) is 11.8. The molecule has 0 heterocycles. The number of hydrogen-bond donors (Lipinski definition) is 3. The summed E-state index contributed by atoms with van der Waals surface area (Å²) in [5, 5.41) is 9.78. The van der Waals surface area contributed by atoms with Crippen LogP contribution in [0.25, 0.3) is 0 Å². The van der Waals surface area contributed by atoms with Crippen LogP contribution in [0.1, 0.15) is 41.6 Å². The predicted octanol–water partition coefficient (Wildman–Crippen LogP) is 3.71. The molecular weight excluding hydrogens is 475 g/mol. The van der Waals surface area contributed by atoms with Gasteiger partial charge in [0.2, 0.25) is 0 Å². The molecule has 29 heavy (non-hydrogen) atoms. The predicted molar refractivity (Wildman–Crippen MR) is 130 cm³/mol. The molecule has 1 saturated carbocycles. The Kier molecular flexibility index (Phi) is 9.44. The van der Waals surface area contributed by atoms with Gasteiger partial charge in [0.25, 0.3) is 5.91 Å². The zero-order valence-electron chi connectivity index (χ0n) is 17.0. The van der Waals surface area contributed by atoms with E-state index >= 15 is 0 Å². The second-order valence-electron chi connectivity index (χ2n) is 7.33. The molecule has 1 aliphatic carbocycles. The first kappa shape index (κ1) is 23.2. The van der Waals surface area contributed by atoms with Crippen LogP contribution in [0.5, 0.6) is 0 Å². The third kappa shape index (κ3) is 6.45. The van der Waals surface area contributed by atoms with Gasteiger partial charge in [-0.15, -0.1) is 24.0 Å². The van der Waals surface area contributed by atoms with Gasteiger partial charge in [-0.1, -0.05) is 55.0 Å². The molecule has 0 aliphatic heterocycles. The molecule has 1 aliphatic rings. The van der Waals surface area contributed by atoms with Gasteiger partial charge in [-0.25, -0.2) is 0 Å². The molecule has 3 rings (SSSR count). The van der Waals surface area contributed by atoms with E-state index in [1.807, 2.05) is 30.3 Å². The summed E-state index contributed by atoms with van der Waals surface area (Å²) in [4.78, 5) is 16.3. The van der Waals surface area contributed by atoms with Crippen LogP contribution in [-0.4, -0.2) is 38.5 Å². The van der Waals surface area contributed by atoms with E-state index in [4.69, 9.17) is 0 Å². The number of benzene rings is 2. The Morgan fingerprint density at radius 3 is 2.14 bits per heavy atom. The van der Waals surface area contributed by atoms with E-state index in [0.717, 1.165) is 25.5 Å². The first-order chi connectivity index (χ1) is 13.7. The molecule has 1 amide bonds. The smallest absolute Gasteiger partial charge is 0.251 e. The SMILES string of the molecule is CN=C(NCCCNC(=O)c1ccccc1)NCC1(c2ccccc2)CCC1.I. The number of guanidine groups is 1. The average molecular weight is 506 g/mol. The topological polar surface area (TPSA) is 65.5 Å². The van der Waals surface area contributed by atoms with Gasteiger partial charge in [0.1, 0.15) is 0 Å². The average Bonchev–Trinajstić information content (AvgIpc) is 2.72. The van der Waals surface area contributed by atoms with Crippen molar-refractivity contribution in [3.63, 3.8) is 0 Å². The first-order valence-corrected chi connectivity index (χ1v) is 10.1. The van der Waals surface area contributed by atoms with Crippen LogP contribution in [-0.2, 0) is 5.41 Å². The third-order valence-corrected chi connectivity index (χ3v) is 5.48. The van der Waals surface area contributed by atoms with Crippen LogP contribution in [0.2, 0.25) is 0 Å². The highest BCUT2D eigenvalue weighted by atomic mass is 127. The van der Waals surface area contributed by atoms with Crippen LogP contribution in [0, 0.1) is 0 Å². The molecule has 0 saturated heterocycles. The molecule has 0 atom stereocenters. The largest absolute Gasteiger partial charge is 0.356 e. The maximum atomic E-state index is 12.0. The minimum atomic E-state index is -0.0297. The van der Waals surface area contributed by atoms with Crippen molar-refractivity contribution in [3.05, 3.63) is 71.8 Å². The number of nitrogens with one attached hydrogen (secondary N) is 3. The summed E-state index contributed by atoms with van der Waals surface area (Å²) in [6, 6.07) is 20.1. The molecule has 5 nitrogen and oxygen atoms in total. The Hall–Kier alpha value is -2.09. The molecule has 3 N–H and O–H groups in total. The van der Waals surface area contributed by atoms with Gasteiger partial charge in [0.15, 0.2) is 5.96 Å². The van der Waals surface area contributed by atoms with Gasteiger partial charge < -0.3 is 16.0 Å². The summed E-state index contributed by atoms with van der Waals surface area (Å²) in [6.45, 7) is 2.28. The Bertz CT molecular complexity index is 776. The van der Waals surface area contributed by atoms with Crippen molar-refractivity contribution in [1.29, 1.82) is 0 Å². The second-order valence-corrected chi connectivity index (χ2v) is 7.33. The van der Waals surface area contributed by atoms with Crippen LogP contribution < -0.4 is 16.0 Å². The van der Waals surface area contributed by atoms with Crippen molar-refractivity contribution in [1.82, 2.24) is 16.0 Å². The van der Waals surface area contributed by atoms with Gasteiger partial charge in [-0.3, -0.25) is 9.79 Å². The maximum absolute atomic E-state index is 12.0. The monoisotopic (exact) mass is 506 g/mol. The lowest BCUT2D eigenvalue weighted by Gasteiger charge is -2.43. The minimum absolute atomic E-state index is 0. The fourth-order valence-electron chi connectivity index (χ4n) is 3.62. The van der Waals surface area contributed by atoms with E-state index in [-0.39, 0.29) is 35.3 Å². The van der Waals surface area contributed by atoms with Crippen LogP contribution in [0.3, 0.4) is 0 Å². The molecule has 2 aromatic carbocycles. The van der Waals surface area contributed by atoms with Gasteiger partial charge in [-0.2, -0.15) is 0 Å². The number of carbonyl (C=O) groups is 1. The van der Waals surface area contributed by atoms with E-state index in [1.54, 1.807) is 7.05 Å². The van der Waals surface area contributed by atoms with E-state index in [0.29, 0.717) is 12.1 Å². The van der Waals surface area contributed by atoms with Crippen LogP contribution in [0.15, 0.2) is 65.7 Å². The summed E-state index contributed by atoms with van der Waals surface area (Å²) in [5.74, 6) is 0.787. The van der Waals surface area contributed by atoms with Crippen molar-refractivity contribution in [2.45, 2.75) is 31.1 Å². The molecular formula is C23H31IN4O. The van der Waals surface area contributed by atoms with Gasteiger partial charge in [0.05, 0.1) is 0 Å². The van der Waals surface area contributed by atoms with Crippen LogP contribution >= 0.6 is 24.0 Å². The first-order valence-electron chi connectivity index (χ1n) is 10.1. The summed E-state index contributed by atoms with van der Waals surface area (Å²) < 4.78 is 0. The third-order valence-electron chi connectivity index (χ3n) is 5.48. The lowest BCUT2D eigenvalue weighted by molar-refractivity contribution is 0.0953.